The summed E-state index contributed by atoms with van der Waals surface area (Å²) in [7, 11) is 1.28. The highest BCUT2D eigenvalue weighted by molar-refractivity contribution is 5.94. The summed E-state index contributed by atoms with van der Waals surface area (Å²) in [6.45, 7) is 0.260. The quantitative estimate of drug-likeness (QED) is 0.741. The van der Waals surface area contributed by atoms with Gasteiger partial charge in [0.1, 0.15) is 0 Å². The number of esters is 1. The van der Waals surface area contributed by atoms with Gasteiger partial charge in [0.25, 0.3) is 5.56 Å². The summed E-state index contributed by atoms with van der Waals surface area (Å²) in [6.07, 6.45) is 0.562. The Labute approximate surface area is 137 Å². The molecular formula is C18H16N2O4. The molecule has 2 aromatic carbocycles. The van der Waals surface area contributed by atoms with Crippen molar-refractivity contribution >= 4 is 16.9 Å². The Hall–Kier alpha value is -3.15. The van der Waals surface area contributed by atoms with Gasteiger partial charge >= 0.3 is 11.7 Å². The Bertz CT molecular complexity index is 1000. The fourth-order valence-corrected chi connectivity index (χ4v) is 2.58. The van der Waals surface area contributed by atoms with E-state index in [9.17, 15) is 14.4 Å². The third-order valence-corrected chi connectivity index (χ3v) is 3.87. The van der Waals surface area contributed by atoms with Crippen LogP contribution in [0.4, 0.5) is 0 Å². The predicted octanol–water partition coefficient (Wildman–Crippen LogP) is 1.72. The molecule has 1 heterocycles. The molecule has 0 spiro atoms. The zero-order valence-corrected chi connectivity index (χ0v) is 13.1. The Morgan fingerprint density at radius 1 is 1.12 bits per heavy atom. The Morgan fingerprint density at radius 3 is 2.58 bits per heavy atom. The van der Waals surface area contributed by atoms with Gasteiger partial charge in [-0.3, -0.25) is 9.36 Å². The van der Waals surface area contributed by atoms with Gasteiger partial charge < -0.3 is 9.72 Å². The maximum absolute atomic E-state index is 12.6. The summed E-state index contributed by atoms with van der Waals surface area (Å²) in [5.41, 5.74) is 0.814. The summed E-state index contributed by atoms with van der Waals surface area (Å²) in [4.78, 5) is 39.1. The molecule has 3 rings (SSSR count). The van der Waals surface area contributed by atoms with Crippen molar-refractivity contribution in [1.82, 2.24) is 9.55 Å². The first kappa shape index (κ1) is 15.7. The number of carbonyl (C=O) groups is 1. The third kappa shape index (κ3) is 2.99. The summed E-state index contributed by atoms with van der Waals surface area (Å²) in [5.74, 6) is -0.529. The van der Waals surface area contributed by atoms with E-state index >= 15 is 0 Å². The van der Waals surface area contributed by atoms with Crippen LogP contribution in [0.2, 0.25) is 0 Å². The number of rotatable bonds is 4. The van der Waals surface area contributed by atoms with Crippen LogP contribution < -0.4 is 11.2 Å². The molecule has 0 aliphatic rings. The largest absolute Gasteiger partial charge is 0.465 e. The molecule has 0 aliphatic heterocycles. The van der Waals surface area contributed by atoms with Crippen LogP contribution in [0.3, 0.4) is 0 Å². The van der Waals surface area contributed by atoms with Crippen molar-refractivity contribution in [2.24, 2.45) is 0 Å². The first-order valence-electron chi connectivity index (χ1n) is 7.49. The number of benzene rings is 2. The Kier molecular flexibility index (Phi) is 4.29. The molecule has 0 saturated carbocycles. The van der Waals surface area contributed by atoms with Crippen molar-refractivity contribution in [2.75, 3.05) is 7.11 Å². The third-order valence-electron chi connectivity index (χ3n) is 3.87. The highest BCUT2D eigenvalue weighted by atomic mass is 16.5. The number of aromatic nitrogens is 2. The van der Waals surface area contributed by atoms with Crippen molar-refractivity contribution in [3.63, 3.8) is 0 Å². The van der Waals surface area contributed by atoms with Crippen molar-refractivity contribution < 1.29 is 9.53 Å². The van der Waals surface area contributed by atoms with Crippen molar-refractivity contribution in [3.05, 3.63) is 80.5 Å². The lowest BCUT2D eigenvalue weighted by Crippen LogP contribution is -2.35. The van der Waals surface area contributed by atoms with Gasteiger partial charge in [-0.25, -0.2) is 9.59 Å². The van der Waals surface area contributed by atoms with Crippen LogP contribution in [-0.2, 0) is 17.7 Å². The van der Waals surface area contributed by atoms with Gasteiger partial charge in [-0.1, -0.05) is 30.3 Å². The number of aromatic amines is 1. The summed E-state index contributed by atoms with van der Waals surface area (Å²) in [5, 5.41) is 0.283. The molecule has 1 N–H and O–H groups in total. The van der Waals surface area contributed by atoms with E-state index in [1.807, 2.05) is 30.3 Å². The second-order valence-corrected chi connectivity index (χ2v) is 5.37. The fraction of sp³-hybridized carbons (Fsp3) is 0.167. The maximum atomic E-state index is 12.6. The zero-order chi connectivity index (χ0) is 17.1. The minimum atomic E-state index is -0.529. The average Bonchev–Trinajstić information content (AvgIpc) is 2.61. The molecule has 0 unspecified atom stereocenters. The first-order valence-corrected chi connectivity index (χ1v) is 7.49. The van der Waals surface area contributed by atoms with Gasteiger partial charge in [0.2, 0.25) is 0 Å². The number of carbonyl (C=O) groups excluding carboxylic acids is 1. The molecule has 3 aromatic rings. The summed E-state index contributed by atoms with van der Waals surface area (Å²) in [6, 6.07) is 14.1. The number of ether oxygens (including phenoxy) is 1. The van der Waals surface area contributed by atoms with Gasteiger partial charge in [-0.15, -0.1) is 0 Å². The summed E-state index contributed by atoms with van der Waals surface area (Å²) >= 11 is 0. The number of hydrogen-bond acceptors (Lipinski definition) is 4. The molecule has 0 saturated heterocycles. The fourth-order valence-electron chi connectivity index (χ4n) is 2.58. The van der Waals surface area contributed by atoms with Crippen LogP contribution in [0.25, 0.3) is 10.9 Å². The van der Waals surface area contributed by atoms with E-state index in [1.165, 1.54) is 25.3 Å². The van der Waals surface area contributed by atoms with Crippen LogP contribution in [0.1, 0.15) is 15.9 Å². The van der Waals surface area contributed by atoms with Crippen molar-refractivity contribution in [1.29, 1.82) is 0 Å². The van der Waals surface area contributed by atoms with E-state index in [-0.39, 0.29) is 17.5 Å². The molecular weight excluding hydrogens is 308 g/mol. The van der Waals surface area contributed by atoms with Crippen LogP contribution in [0.5, 0.6) is 0 Å². The molecule has 6 heteroatoms. The van der Waals surface area contributed by atoms with Gasteiger partial charge in [0.05, 0.1) is 23.6 Å². The molecule has 0 amide bonds. The SMILES string of the molecule is COC(=O)c1ccc2[nH]c(=O)n(CCc3ccccc3)c(=O)c2c1. The minimum Gasteiger partial charge on any atom is -0.465 e. The molecule has 0 bridgehead atoms. The monoisotopic (exact) mass is 324 g/mol. The van der Waals surface area contributed by atoms with Gasteiger partial charge in [-0.2, -0.15) is 0 Å². The van der Waals surface area contributed by atoms with Gasteiger partial charge in [0, 0.05) is 6.54 Å². The average molecular weight is 324 g/mol. The molecule has 24 heavy (non-hydrogen) atoms. The number of nitrogens with zero attached hydrogens (tertiary/aromatic N) is 1. The van der Waals surface area contributed by atoms with Crippen LogP contribution >= 0.6 is 0 Å². The van der Waals surface area contributed by atoms with Crippen molar-refractivity contribution in [3.8, 4) is 0 Å². The van der Waals surface area contributed by atoms with E-state index in [1.54, 1.807) is 0 Å². The molecule has 0 radical (unpaired) electrons. The first-order chi connectivity index (χ1) is 11.6. The predicted molar refractivity (Wildman–Crippen MR) is 90.3 cm³/mol. The molecule has 6 nitrogen and oxygen atoms in total. The lowest BCUT2D eigenvalue weighted by atomic mass is 10.1. The lowest BCUT2D eigenvalue weighted by molar-refractivity contribution is 0.0601. The second-order valence-electron chi connectivity index (χ2n) is 5.37. The maximum Gasteiger partial charge on any atom is 0.337 e. The number of nitrogens with one attached hydrogen (secondary N) is 1. The highest BCUT2D eigenvalue weighted by Gasteiger charge is 2.11. The molecule has 0 aliphatic carbocycles. The Morgan fingerprint density at radius 2 is 1.88 bits per heavy atom. The highest BCUT2D eigenvalue weighted by Crippen LogP contribution is 2.10. The number of methoxy groups -OCH3 is 1. The number of H-pyrrole nitrogens is 1. The minimum absolute atomic E-state index is 0.260. The van der Waals surface area contributed by atoms with E-state index < -0.39 is 17.2 Å². The number of fused-ring (bicyclic) bond motifs is 1. The van der Waals surface area contributed by atoms with Gasteiger partial charge in [0.15, 0.2) is 0 Å². The number of hydrogen-bond donors (Lipinski definition) is 1. The summed E-state index contributed by atoms with van der Waals surface area (Å²) < 4.78 is 5.81. The van der Waals surface area contributed by atoms with Gasteiger partial charge in [-0.05, 0) is 30.2 Å². The lowest BCUT2D eigenvalue weighted by Gasteiger charge is -2.07. The van der Waals surface area contributed by atoms with Crippen LogP contribution in [0.15, 0.2) is 58.1 Å². The second kappa shape index (κ2) is 6.54. The molecule has 0 fully saturated rings. The molecule has 122 valence electrons. The zero-order valence-electron chi connectivity index (χ0n) is 13.1. The standard InChI is InChI=1S/C18H16N2O4/c1-24-17(22)13-7-8-15-14(11-13)16(21)20(18(23)19-15)10-9-12-5-3-2-4-6-12/h2-8,11H,9-10H2,1H3,(H,19,23). The van der Waals surface area contributed by atoms with Crippen LogP contribution in [-0.4, -0.2) is 22.6 Å². The molecule has 1 aromatic heterocycles. The molecule has 0 atom stereocenters. The van der Waals surface area contributed by atoms with Crippen LogP contribution in [0, 0.1) is 0 Å². The van der Waals surface area contributed by atoms with E-state index in [4.69, 9.17) is 0 Å². The van der Waals surface area contributed by atoms with E-state index in [0.717, 1.165) is 10.1 Å². The number of aryl methyl sites for hydroxylation is 1. The topological polar surface area (TPSA) is 81.2 Å². The van der Waals surface area contributed by atoms with E-state index in [0.29, 0.717) is 11.9 Å². The Balaban J connectivity index is 2.03. The van der Waals surface area contributed by atoms with Crippen molar-refractivity contribution in [2.45, 2.75) is 13.0 Å². The smallest absolute Gasteiger partial charge is 0.337 e. The normalized spacial score (nSPS) is 10.7. The van der Waals surface area contributed by atoms with E-state index in [2.05, 4.69) is 9.72 Å².